The van der Waals surface area contributed by atoms with Crippen molar-refractivity contribution >= 4 is 25.9 Å². The zero-order chi connectivity index (χ0) is 18.7. The van der Waals surface area contributed by atoms with Crippen LogP contribution in [0, 0.1) is 6.07 Å². The van der Waals surface area contributed by atoms with Crippen LogP contribution < -0.4 is 33.7 Å². The van der Waals surface area contributed by atoms with Crippen LogP contribution in [0.2, 0.25) is 0 Å². The third-order valence-electron chi connectivity index (χ3n) is 2.75. The van der Waals surface area contributed by atoms with Gasteiger partial charge in [0.1, 0.15) is 4.90 Å². The summed E-state index contributed by atoms with van der Waals surface area (Å²) in [7, 11) is -5.81. The van der Waals surface area contributed by atoms with E-state index in [4.69, 9.17) is 4.55 Å². The van der Waals surface area contributed by atoms with E-state index in [0.717, 1.165) is 12.1 Å². The molecular formula is C14H14N3NaO6S2. The third kappa shape index (κ3) is 6.04. The predicted molar refractivity (Wildman–Crippen MR) is 87.6 cm³/mol. The molecule has 0 fully saturated rings. The minimum absolute atomic E-state index is 0. The summed E-state index contributed by atoms with van der Waals surface area (Å²) in [4.78, 5) is -0.533. The van der Waals surface area contributed by atoms with Crippen LogP contribution in [0.25, 0.3) is 0 Å². The van der Waals surface area contributed by atoms with Crippen LogP contribution in [-0.2, 0) is 20.2 Å². The number of rotatable bonds is 6. The van der Waals surface area contributed by atoms with Crippen molar-refractivity contribution in [1.29, 1.82) is 0 Å². The average Bonchev–Trinajstić information content (AvgIpc) is 2.52. The van der Waals surface area contributed by atoms with Gasteiger partial charge in [-0.1, -0.05) is 5.22 Å². The number of nitrogens with zero attached hydrogens (tertiary/aromatic N) is 3. The molecule has 0 aliphatic heterocycles. The molecule has 0 saturated carbocycles. The van der Waals surface area contributed by atoms with Crippen molar-refractivity contribution in [2.24, 2.45) is 10.3 Å². The zero-order valence-corrected chi connectivity index (χ0v) is 17.8. The Labute approximate surface area is 173 Å². The Balaban J connectivity index is 0.00000338. The van der Waals surface area contributed by atoms with Gasteiger partial charge in [-0.2, -0.15) is 38.7 Å². The van der Waals surface area contributed by atoms with E-state index in [1.807, 2.05) is 0 Å². The Morgan fingerprint density at radius 1 is 1.08 bits per heavy atom. The molecule has 2 aromatic carbocycles. The summed E-state index contributed by atoms with van der Waals surface area (Å²) in [6, 6.07) is 11.6. The van der Waals surface area contributed by atoms with Gasteiger partial charge < -0.3 is 4.18 Å². The molecule has 0 aromatic heterocycles. The van der Waals surface area contributed by atoms with Gasteiger partial charge in [0.2, 0.25) is 0 Å². The van der Waals surface area contributed by atoms with Crippen LogP contribution in [0.3, 0.4) is 0 Å². The van der Waals surface area contributed by atoms with E-state index in [0.29, 0.717) is 0 Å². The van der Waals surface area contributed by atoms with Crippen LogP contribution in [0.4, 0.5) is 5.69 Å². The Kier molecular flexibility index (Phi) is 7.74. The first-order valence-corrected chi connectivity index (χ1v) is 9.55. The Morgan fingerprint density at radius 3 is 2.23 bits per heavy atom. The van der Waals surface area contributed by atoms with E-state index >= 15 is 0 Å². The molecule has 0 amide bonds. The predicted octanol–water partition coefficient (Wildman–Crippen LogP) is -0.935. The molecule has 0 unspecified atom stereocenters. The summed E-state index contributed by atoms with van der Waals surface area (Å²) in [6.07, 6.45) is 0. The van der Waals surface area contributed by atoms with Crippen LogP contribution in [0.1, 0.15) is 0 Å². The molecule has 0 saturated heterocycles. The maximum Gasteiger partial charge on any atom is 1.00 e. The topological polar surface area (TPSA) is 126 Å². The van der Waals surface area contributed by atoms with E-state index in [9.17, 15) is 16.8 Å². The smallest absolute Gasteiger partial charge is 0.360 e. The maximum atomic E-state index is 12.7. The fraction of sp³-hybridized carbons (Fsp3) is 0.143. The quantitative estimate of drug-likeness (QED) is 0.215. The molecule has 0 aliphatic rings. The monoisotopic (exact) mass is 407 g/mol. The average molecular weight is 407 g/mol. The number of benzene rings is 2. The van der Waals surface area contributed by atoms with Crippen molar-refractivity contribution < 1.29 is 55.1 Å². The van der Waals surface area contributed by atoms with E-state index in [1.165, 1.54) is 35.3 Å². The number of hydrogen-bond donors (Lipinski definition) is 1. The normalized spacial score (nSPS) is 11.8. The third-order valence-corrected chi connectivity index (χ3v) is 4.95. The maximum absolute atomic E-state index is 12.7. The number of hydrogen-bond acceptors (Lipinski definition) is 7. The summed E-state index contributed by atoms with van der Waals surface area (Å²) < 4.78 is 60.8. The standard InChI is InChI=1S/C14H14N3O6S2.Na/c1-17(2)16-15-11-8-9-14(13(10-11)23-25(20,21)22)24(18,19)12-6-4-3-5-7-12;/h4-10H,1-2H3,(H,20,21,22);/q-1;+1. The summed E-state index contributed by atoms with van der Waals surface area (Å²) in [5.74, 6) is -0.592. The molecule has 0 aliphatic carbocycles. The molecule has 0 atom stereocenters. The van der Waals surface area contributed by atoms with E-state index in [1.54, 1.807) is 14.1 Å². The van der Waals surface area contributed by atoms with Crippen LogP contribution in [-0.4, -0.2) is 40.5 Å². The van der Waals surface area contributed by atoms with Crippen molar-refractivity contribution in [3.05, 3.63) is 48.5 Å². The molecule has 26 heavy (non-hydrogen) atoms. The minimum atomic E-state index is -4.94. The van der Waals surface area contributed by atoms with Gasteiger partial charge in [0.15, 0.2) is 15.6 Å². The molecule has 134 valence electrons. The Hall–Kier alpha value is -1.50. The number of sulfone groups is 1. The summed E-state index contributed by atoms with van der Waals surface area (Å²) in [6.45, 7) is 0. The summed E-state index contributed by atoms with van der Waals surface area (Å²) in [5, 5.41) is 8.89. The van der Waals surface area contributed by atoms with E-state index in [2.05, 4.69) is 20.6 Å². The van der Waals surface area contributed by atoms with Gasteiger partial charge in [0, 0.05) is 20.2 Å². The molecule has 2 rings (SSSR count). The first kappa shape index (κ1) is 22.5. The van der Waals surface area contributed by atoms with Crippen LogP contribution >= 0.6 is 0 Å². The summed E-state index contributed by atoms with van der Waals surface area (Å²) >= 11 is 0. The zero-order valence-electron chi connectivity index (χ0n) is 14.2. The molecule has 9 nitrogen and oxygen atoms in total. The second-order valence-corrected chi connectivity index (χ2v) is 7.86. The van der Waals surface area contributed by atoms with Gasteiger partial charge in [-0.15, -0.1) is 5.11 Å². The molecule has 0 radical (unpaired) electrons. The van der Waals surface area contributed by atoms with Crippen molar-refractivity contribution in [2.75, 3.05) is 14.1 Å². The van der Waals surface area contributed by atoms with Crippen molar-refractivity contribution in [3.63, 3.8) is 0 Å². The summed E-state index contributed by atoms with van der Waals surface area (Å²) in [5.41, 5.74) is 0.132. The van der Waals surface area contributed by atoms with Gasteiger partial charge in [-0.3, -0.25) is 9.56 Å². The largest absolute Gasteiger partial charge is 1.00 e. The molecular weight excluding hydrogens is 393 g/mol. The molecule has 0 heterocycles. The van der Waals surface area contributed by atoms with Gasteiger partial charge in [-0.05, 0) is 17.0 Å². The Bertz CT molecular complexity index is 993. The fourth-order valence-electron chi connectivity index (χ4n) is 1.78. The van der Waals surface area contributed by atoms with Gasteiger partial charge in [0.25, 0.3) is 0 Å². The van der Waals surface area contributed by atoms with Gasteiger partial charge in [0.05, 0.1) is 5.69 Å². The van der Waals surface area contributed by atoms with Gasteiger partial charge in [-0.25, -0.2) is 8.42 Å². The molecule has 1 N–H and O–H groups in total. The first-order valence-electron chi connectivity index (χ1n) is 6.71. The fourth-order valence-corrected chi connectivity index (χ4v) is 3.56. The van der Waals surface area contributed by atoms with E-state index < -0.39 is 30.9 Å². The SMILES string of the molecule is CN(C)N=Nc1ccc(S(=O)(=O)c2cc[c-]cc2)c(OS(=O)(=O)O)c1.[Na+]. The molecule has 0 bridgehead atoms. The van der Waals surface area contributed by atoms with Crippen molar-refractivity contribution in [2.45, 2.75) is 9.79 Å². The molecule has 12 heteroatoms. The second-order valence-electron chi connectivity index (χ2n) is 4.92. The Morgan fingerprint density at radius 2 is 1.69 bits per heavy atom. The van der Waals surface area contributed by atoms with Crippen LogP contribution in [0.5, 0.6) is 5.75 Å². The minimum Gasteiger partial charge on any atom is -0.360 e. The molecule has 2 aromatic rings. The van der Waals surface area contributed by atoms with Crippen molar-refractivity contribution in [3.8, 4) is 5.75 Å². The van der Waals surface area contributed by atoms with Crippen LogP contribution in [0.15, 0.2) is 62.6 Å². The first-order chi connectivity index (χ1) is 11.6. The second kappa shape index (κ2) is 8.93. The van der Waals surface area contributed by atoms with E-state index in [-0.39, 0.29) is 40.1 Å². The molecule has 0 spiro atoms. The van der Waals surface area contributed by atoms with Gasteiger partial charge >= 0.3 is 40.0 Å². The van der Waals surface area contributed by atoms with Crippen molar-refractivity contribution in [1.82, 2.24) is 5.01 Å².